The third-order valence-electron chi connectivity index (χ3n) is 9.01. The second-order valence-corrected chi connectivity index (χ2v) is 12.0. The van der Waals surface area contributed by atoms with E-state index < -0.39 is 17.4 Å². The van der Waals surface area contributed by atoms with Crippen LogP contribution in [-0.4, -0.2) is 88.2 Å². The van der Waals surface area contributed by atoms with E-state index in [1.165, 1.54) is 18.2 Å². The molecule has 11 heteroatoms. The Kier molecular flexibility index (Phi) is 6.81. The highest BCUT2D eigenvalue weighted by Gasteiger charge is 2.49. The Morgan fingerprint density at radius 3 is 2.59 bits per heavy atom. The van der Waals surface area contributed by atoms with E-state index in [4.69, 9.17) is 16.6 Å². The molecule has 6 rings (SSSR count). The van der Waals surface area contributed by atoms with E-state index in [-0.39, 0.29) is 45.2 Å². The molecular weight excluding hydrogens is 550 g/mol. The summed E-state index contributed by atoms with van der Waals surface area (Å²) in [7, 11) is 2.12. The van der Waals surface area contributed by atoms with Crippen LogP contribution >= 0.6 is 11.6 Å². The number of hydrogen-bond donors (Lipinski definition) is 1. The smallest absolute Gasteiger partial charge is 0.246 e. The summed E-state index contributed by atoms with van der Waals surface area (Å²) < 4.78 is 31.4. The van der Waals surface area contributed by atoms with Gasteiger partial charge in [-0.1, -0.05) is 24.2 Å². The lowest BCUT2D eigenvalue weighted by Crippen LogP contribution is -2.67. The number of aromatic hydroxyl groups is 1. The molecule has 4 heterocycles. The third kappa shape index (κ3) is 4.39. The van der Waals surface area contributed by atoms with Crippen LogP contribution in [0.15, 0.2) is 36.9 Å². The van der Waals surface area contributed by atoms with Crippen LogP contribution in [0.5, 0.6) is 5.75 Å². The number of likely N-dealkylation sites (N-methyl/N-ethyl adjacent to an activating group) is 1. The first-order valence-electron chi connectivity index (χ1n) is 13.9. The number of nitrogens with zero attached hydrogens (tertiary/aromatic N) is 6. The summed E-state index contributed by atoms with van der Waals surface area (Å²) in [6.45, 7) is 10.9. The van der Waals surface area contributed by atoms with Crippen molar-refractivity contribution in [1.29, 1.82) is 0 Å². The van der Waals surface area contributed by atoms with E-state index in [1.807, 2.05) is 18.7 Å². The number of rotatable bonds is 4. The zero-order valence-corrected chi connectivity index (χ0v) is 24.1. The molecule has 8 nitrogen and oxygen atoms in total. The van der Waals surface area contributed by atoms with Gasteiger partial charge in [-0.2, -0.15) is 4.98 Å². The Bertz CT molecular complexity index is 1540. The lowest BCUT2D eigenvalue weighted by molar-refractivity contribution is -0.128. The maximum absolute atomic E-state index is 16.5. The van der Waals surface area contributed by atoms with Crippen molar-refractivity contribution in [2.24, 2.45) is 0 Å². The molecule has 2 atom stereocenters. The van der Waals surface area contributed by atoms with Crippen molar-refractivity contribution in [3.05, 3.63) is 53.6 Å². The minimum absolute atomic E-state index is 0.00256. The fourth-order valence-electron chi connectivity index (χ4n) is 6.64. The number of fused-ring (bicyclic) bond motifs is 1. The molecule has 1 spiro atoms. The average molecular weight is 583 g/mol. The summed E-state index contributed by atoms with van der Waals surface area (Å²) in [5.74, 6) is -1.30. The molecule has 3 aliphatic heterocycles. The number of hydrogen-bond acceptors (Lipinski definition) is 7. The quantitative estimate of drug-likeness (QED) is 0.442. The van der Waals surface area contributed by atoms with Gasteiger partial charge in [-0.05, 0) is 64.6 Å². The van der Waals surface area contributed by atoms with Gasteiger partial charge in [-0.3, -0.25) is 9.69 Å². The molecule has 2 aromatic carbocycles. The number of benzene rings is 2. The van der Waals surface area contributed by atoms with E-state index in [1.54, 1.807) is 11.0 Å². The van der Waals surface area contributed by atoms with Crippen molar-refractivity contribution in [2.75, 3.05) is 49.6 Å². The highest BCUT2D eigenvalue weighted by Crippen LogP contribution is 2.44. The van der Waals surface area contributed by atoms with Gasteiger partial charge in [0, 0.05) is 49.2 Å². The van der Waals surface area contributed by atoms with Gasteiger partial charge < -0.3 is 19.8 Å². The number of aromatic nitrogens is 2. The van der Waals surface area contributed by atoms with Gasteiger partial charge in [0.15, 0.2) is 5.82 Å². The van der Waals surface area contributed by atoms with Crippen LogP contribution in [0, 0.1) is 11.6 Å². The molecule has 0 bridgehead atoms. The van der Waals surface area contributed by atoms with Crippen LogP contribution in [-0.2, 0) is 4.79 Å². The monoisotopic (exact) mass is 582 g/mol. The third-order valence-corrected chi connectivity index (χ3v) is 9.31. The average Bonchev–Trinajstić information content (AvgIpc) is 3.31. The maximum Gasteiger partial charge on any atom is 0.246 e. The van der Waals surface area contributed by atoms with Crippen LogP contribution < -0.4 is 9.80 Å². The Hall–Kier alpha value is -3.50. The number of halogens is 3. The first kappa shape index (κ1) is 27.7. The second kappa shape index (κ2) is 10.1. The summed E-state index contributed by atoms with van der Waals surface area (Å²) >= 11 is 6.61. The molecular formula is C30H33ClF2N6O2. The first-order chi connectivity index (χ1) is 19.5. The van der Waals surface area contributed by atoms with Crippen LogP contribution in [0.4, 0.5) is 20.5 Å². The Balaban J connectivity index is 1.50. The summed E-state index contributed by atoms with van der Waals surface area (Å²) in [6, 6.07) is 5.03. The van der Waals surface area contributed by atoms with Crippen molar-refractivity contribution in [3.63, 3.8) is 0 Å². The molecule has 3 aromatic rings. The van der Waals surface area contributed by atoms with E-state index in [0.717, 1.165) is 38.5 Å². The molecule has 3 fully saturated rings. The second-order valence-electron chi connectivity index (χ2n) is 11.6. The Morgan fingerprint density at radius 2 is 1.93 bits per heavy atom. The van der Waals surface area contributed by atoms with Crippen LogP contribution in [0.2, 0.25) is 5.02 Å². The zero-order chi connectivity index (χ0) is 29.2. The number of piperazine rings is 1. The Morgan fingerprint density at radius 1 is 1.17 bits per heavy atom. The lowest BCUT2D eigenvalue weighted by atomic mass is 9.87. The molecule has 1 aromatic heterocycles. The minimum atomic E-state index is -0.827. The number of carbonyl (C=O) groups excluding carboxylic acids is 1. The summed E-state index contributed by atoms with van der Waals surface area (Å²) in [4.78, 5) is 30.3. The number of phenolic OH excluding ortho intramolecular Hbond substituents is 1. The standard InChI is InChI=1S/C30H33ClF2N6O2/c1-5-23(41)38-13-18(3)39(14-17(38)2)28-19-12-20(31)24(25-21(32)8-6-9-22(25)40)26(33)27(19)34-29(35-28)37-15-30(16-37)10-7-11-36(30)4/h5-6,8-9,12,17-18,40H,1,7,10-11,13-16H2,2-4H3/t17-,18+/m1/s1. The van der Waals surface area contributed by atoms with E-state index in [2.05, 4.69) is 28.4 Å². The Labute approximate surface area is 242 Å². The van der Waals surface area contributed by atoms with Gasteiger partial charge in [-0.25, -0.2) is 13.8 Å². The number of amides is 1. The molecule has 0 saturated carbocycles. The molecule has 216 valence electrons. The van der Waals surface area contributed by atoms with E-state index >= 15 is 4.39 Å². The predicted octanol–water partition coefficient (Wildman–Crippen LogP) is 4.83. The molecule has 3 aliphatic rings. The first-order valence-corrected chi connectivity index (χ1v) is 14.3. The minimum Gasteiger partial charge on any atom is -0.507 e. The van der Waals surface area contributed by atoms with Crippen molar-refractivity contribution in [2.45, 2.75) is 44.3 Å². The predicted molar refractivity (Wildman–Crippen MR) is 157 cm³/mol. The van der Waals surface area contributed by atoms with Gasteiger partial charge in [0.05, 0.1) is 16.1 Å². The summed E-state index contributed by atoms with van der Waals surface area (Å²) in [6.07, 6.45) is 3.51. The van der Waals surface area contributed by atoms with E-state index in [0.29, 0.717) is 30.2 Å². The maximum atomic E-state index is 16.5. The molecule has 1 amide bonds. The normalized spacial score (nSPS) is 22.4. The van der Waals surface area contributed by atoms with Crippen molar-refractivity contribution in [1.82, 2.24) is 19.8 Å². The highest BCUT2D eigenvalue weighted by atomic mass is 35.5. The largest absolute Gasteiger partial charge is 0.507 e. The molecule has 3 saturated heterocycles. The number of likely N-dealkylation sites (tertiary alicyclic amines) is 1. The molecule has 1 N–H and O–H groups in total. The van der Waals surface area contributed by atoms with Crippen molar-refractivity contribution in [3.8, 4) is 16.9 Å². The molecule has 0 radical (unpaired) electrons. The van der Waals surface area contributed by atoms with Crippen LogP contribution in [0.25, 0.3) is 22.0 Å². The van der Waals surface area contributed by atoms with Gasteiger partial charge in [0.1, 0.15) is 22.9 Å². The van der Waals surface area contributed by atoms with Gasteiger partial charge >= 0.3 is 0 Å². The molecule has 0 aliphatic carbocycles. The molecule has 41 heavy (non-hydrogen) atoms. The highest BCUT2D eigenvalue weighted by molar-refractivity contribution is 6.34. The van der Waals surface area contributed by atoms with Gasteiger partial charge in [-0.15, -0.1) is 0 Å². The summed E-state index contributed by atoms with van der Waals surface area (Å²) in [5.41, 5.74) is -0.506. The van der Waals surface area contributed by atoms with Crippen molar-refractivity contribution >= 4 is 40.2 Å². The SMILES string of the molecule is C=CC(=O)N1C[C@H](C)N(c2nc(N3CC4(CCCN4C)C3)nc3c(F)c(-c4c(O)cccc4F)c(Cl)cc23)C[C@H]1C. The summed E-state index contributed by atoms with van der Waals surface area (Å²) in [5, 5.41) is 10.8. The van der Waals surface area contributed by atoms with Crippen LogP contribution in [0.1, 0.15) is 26.7 Å². The van der Waals surface area contributed by atoms with E-state index in [9.17, 15) is 14.3 Å². The van der Waals surface area contributed by atoms with Gasteiger partial charge in [0.25, 0.3) is 0 Å². The topological polar surface area (TPSA) is 76.0 Å². The van der Waals surface area contributed by atoms with Gasteiger partial charge in [0.2, 0.25) is 11.9 Å². The fraction of sp³-hybridized carbons (Fsp3) is 0.433. The van der Waals surface area contributed by atoms with Crippen molar-refractivity contribution < 1.29 is 18.7 Å². The van der Waals surface area contributed by atoms with Crippen LogP contribution in [0.3, 0.4) is 0 Å². The zero-order valence-electron chi connectivity index (χ0n) is 23.4. The number of phenols is 1. The number of anilines is 2. The fourth-order valence-corrected chi connectivity index (χ4v) is 6.93. The lowest BCUT2D eigenvalue weighted by Gasteiger charge is -2.52. The number of carbonyl (C=O) groups is 1. The molecule has 0 unspecified atom stereocenters.